The summed E-state index contributed by atoms with van der Waals surface area (Å²) in [6.07, 6.45) is 1.01. The van der Waals surface area contributed by atoms with E-state index in [9.17, 15) is 37.8 Å². The molecule has 2 heterocycles. The first kappa shape index (κ1) is 33.9. The Morgan fingerprint density at radius 3 is 2.29 bits per heavy atom. The lowest BCUT2D eigenvalue weighted by molar-refractivity contribution is -0.128. The van der Waals surface area contributed by atoms with Crippen LogP contribution in [-0.4, -0.2) is 87.4 Å². The van der Waals surface area contributed by atoms with Crippen LogP contribution in [0.5, 0.6) is 5.75 Å². The number of carbonyl (C=O) groups excluding carboxylic acids is 1. The number of halogens is 3. The van der Waals surface area contributed by atoms with Crippen LogP contribution < -0.4 is 4.74 Å². The van der Waals surface area contributed by atoms with Gasteiger partial charge in [-0.15, -0.1) is 0 Å². The third-order valence-electron chi connectivity index (χ3n) is 9.67. The van der Waals surface area contributed by atoms with Crippen molar-refractivity contribution in [1.29, 1.82) is 0 Å². The Balaban J connectivity index is 1.27. The van der Waals surface area contributed by atoms with Crippen LogP contribution in [0.1, 0.15) is 47.9 Å². The summed E-state index contributed by atoms with van der Waals surface area (Å²) in [6, 6.07) is 15.3. The van der Waals surface area contributed by atoms with Crippen LogP contribution in [0, 0.1) is 24.4 Å². The van der Waals surface area contributed by atoms with E-state index in [4.69, 9.17) is 4.74 Å². The van der Waals surface area contributed by atoms with Crippen molar-refractivity contribution in [1.82, 2.24) is 14.7 Å². The lowest BCUT2D eigenvalue weighted by atomic mass is 9.81. The van der Waals surface area contributed by atoms with Crippen LogP contribution in [0.15, 0.2) is 66.2 Å². The molecule has 9 nitrogen and oxygen atoms in total. The average molecular weight is 678 g/mol. The highest BCUT2D eigenvalue weighted by Crippen LogP contribution is 2.41. The lowest BCUT2D eigenvalue weighted by Crippen LogP contribution is -2.65. The predicted molar refractivity (Wildman–Crippen MR) is 175 cm³/mol. The molecule has 3 amide bonds. The Bertz CT molecular complexity index is 1780. The topological polar surface area (TPSA) is 111 Å². The van der Waals surface area contributed by atoms with E-state index in [0.717, 1.165) is 41.2 Å². The third kappa shape index (κ3) is 7.23. The zero-order valence-corrected chi connectivity index (χ0v) is 27.1. The number of rotatable bonds is 11. The van der Waals surface area contributed by atoms with Crippen molar-refractivity contribution in [2.45, 2.75) is 63.6 Å². The molecular weight excluding hydrogens is 639 g/mol. The molecule has 2 bridgehead atoms. The number of carbonyl (C=O) groups is 3. The molecule has 3 aliphatic rings. The first-order chi connectivity index (χ1) is 23.5. The van der Waals surface area contributed by atoms with Gasteiger partial charge in [0.15, 0.2) is 17.4 Å². The van der Waals surface area contributed by atoms with Crippen LogP contribution in [0.3, 0.4) is 0 Å². The van der Waals surface area contributed by atoms with Gasteiger partial charge >= 0.3 is 12.2 Å². The van der Waals surface area contributed by atoms with E-state index in [1.807, 2.05) is 60.4 Å². The molecule has 1 saturated heterocycles. The van der Waals surface area contributed by atoms with Gasteiger partial charge in [-0.1, -0.05) is 48.5 Å². The summed E-state index contributed by atoms with van der Waals surface area (Å²) in [4.78, 5) is 43.6. The molecule has 49 heavy (non-hydrogen) atoms. The van der Waals surface area contributed by atoms with Crippen molar-refractivity contribution < 1.29 is 42.5 Å². The van der Waals surface area contributed by atoms with Gasteiger partial charge in [0.2, 0.25) is 5.82 Å². The quantitative estimate of drug-likeness (QED) is 0.177. The van der Waals surface area contributed by atoms with Crippen LogP contribution >= 0.6 is 0 Å². The number of ether oxygens (including phenoxy) is 1. The van der Waals surface area contributed by atoms with Crippen LogP contribution in [0.25, 0.3) is 5.57 Å². The molecule has 6 rings (SSSR count). The molecule has 1 aliphatic carbocycles. The maximum absolute atomic E-state index is 14.6. The Kier molecular flexibility index (Phi) is 9.84. The molecule has 2 unspecified atom stereocenters. The molecular formula is C37H38F3N3O6. The highest BCUT2D eigenvalue weighted by Gasteiger charge is 2.49. The van der Waals surface area contributed by atoms with Gasteiger partial charge < -0.3 is 24.7 Å². The van der Waals surface area contributed by atoms with Crippen LogP contribution in [0.2, 0.25) is 0 Å². The smallest absolute Gasteiger partial charge is 0.408 e. The SMILES string of the molecule is Cc1ccccc1CCN(C(=O)C1=C(c2ccc(CCCOc3c(F)ccc(F)c3F)cc2)CC2CN(C(=O)O)CC1N2C(=O)O)C1CC1. The second kappa shape index (κ2) is 14.2. The molecule has 2 atom stereocenters. The first-order valence-electron chi connectivity index (χ1n) is 16.5. The summed E-state index contributed by atoms with van der Waals surface area (Å²) in [6.45, 7) is 2.27. The Morgan fingerprint density at radius 1 is 0.898 bits per heavy atom. The van der Waals surface area contributed by atoms with Crippen molar-refractivity contribution in [3.63, 3.8) is 0 Å². The number of fused-ring (bicyclic) bond motifs is 2. The Hall–Kier alpha value is -5.00. The monoisotopic (exact) mass is 677 g/mol. The number of piperazine rings is 1. The number of benzene rings is 3. The highest BCUT2D eigenvalue weighted by molar-refractivity contribution is 6.04. The second-order valence-electron chi connectivity index (χ2n) is 12.9. The number of hydrogen-bond donors (Lipinski definition) is 2. The van der Waals surface area contributed by atoms with Crippen molar-refractivity contribution in [2.24, 2.45) is 0 Å². The highest BCUT2D eigenvalue weighted by atomic mass is 19.2. The molecule has 0 aromatic heterocycles. The summed E-state index contributed by atoms with van der Waals surface area (Å²) in [5.74, 6) is -4.57. The van der Waals surface area contributed by atoms with E-state index in [1.165, 1.54) is 9.80 Å². The normalized spacial score (nSPS) is 18.8. The van der Waals surface area contributed by atoms with Gasteiger partial charge in [0.1, 0.15) is 0 Å². The Morgan fingerprint density at radius 2 is 1.61 bits per heavy atom. The largest absolute Gasteiger partial charge is 0.488 e. The Labute approximate surface area is 282 Å². The fourth-order valence-electron chi connectivity index (χ4n) is 6.98. The van der Waals surface area contributed by atoms with Gasteiger partial charge in [0.05, 0.1) is 18.7 Å². The molecule has 2 fully saturated rings. The van der Waals surface area contributed by atoms with Crippen molar-refractivity contribution in [3.05, 3.63) is 106 Å². The number of amides is 3. The van der Waals surface area contributed by atoms with Gasteiger partial charge in [0.25, 0.3) is 5.91 Å². The fraction of sp³-hybridized carbons (Fsp3) is 0.378. The van der Waals surface area contributed by atoms with Crippen LogP contribution in [0.4, 0.5) is 22.8 Å². The first-order valence-corrected chi connectivity index (χ1v) is 16.5. The zero-order valence-electron chi connectivity index (χ0n) is 27.1. The third-order valence-corrected chi connectivity index (χ3v) is 9.67. The molecule has 2 N–H and O–H groups in total. The summed E-state index contributed by atoms with van der Waals surface area (Å²) >= 11 is 0. The zero-order chi connectivity index (χ0) is 34.8. The summed E-state index contributed by atoms with van der Waals surface area (Å²) < 4.78 is 46.5. The van der Waals surface area contributed by atoms with Gasteiger partial charge in [-0.2, -0.15) is 4.39 Å². The maximum atomic E-state index is 14.6. The van der Waals surface area contributed by atoms with Gasteiger partial charge in [0, 0.05) is 31.2 Å². The second-order valence-corrected chi connectivity index (χ2v) is 12.9. The van der Waals surface area contributed by atoms with Crippen molar-refractivity contribution in [2.75, 3.05) is 26.2 Å². The maximum Gasteiger partial charge on any atom is 0.408 e. The van der Waals surface area contributed by atoms with E-state index in [0.29, 0.717) is 43.0 Å². The van der Waals surface area contributed by atoms with Gasteiger partial charge in [-0.05, 0) is 85.4 Å². The molecule has 2 aliphatic heterocycles. The minimum Gasteiger partial charge on any atom is -0.488 e. The standard InChI is InChI=1S/C37H38F3N3O6/c1-22-5-2-3-7-24(22)16-17-42(26-12-13-26)35(44)32-28(19-27-20-41(36(45)46)21-31(32)43(27)37(47)48)25-10-8-23(9-11-25)6-4-18-49-34-30(39)15-14-29(38)33(34)40/h2-3,5,7-11,14-15,26-27,31H,4,6,12-13,16-21H2,1H3,(H,45,46)(H,47,48). The van der Waals surface area contributed by atoms with E-state index in [-0.39, 0.29) is 38.1 Å². The molecule has 258 valence electrons. The minimum absolute atomic E-state index is 0.00663. The van der Waals surface area contributed by atoms with E-state index in [2.05, 4.69) is 0 Å². The number of nitrogens with zero attached hydrogens (tertiary/aromatic N) is 3. The molecule has 1 saturated carbocycles. The lowest BCUT2D eigenvalue weighted by Gasteiger charge is -2.49. The molecule has 12 heteroatoms. The summed E-state index contributed by atoms with van der Waals surface area (Å²) in [5.41, 5.74) is 4.88. The molecule has 3 aromatic rings. The van der Waals surface area contributed by atoms with Gasteiger partial charge in [-0.3, -0.25) is 9.69 Å². The number of carboxylic acid groups (broad SMARTS) is 2. The summed E-state index contributed by atoms with van der Waals surface area (Å²) in [5, 5.41) is 20.1. The molecule has 0 radical (unpaired) electrons. The van der Waals surface area contributed by atoms with E-state index >= 15 is 0 Å². The van der Waals surface area contributed by atoms with Crippen molar-refractivity contribution in [3.8, 4) is 5.75 Å². The minimum atomic E-state index is -1.37. The molecule has 0 spiro atoms. The number of aryl methyl sites for hydroxylation is 2. The molecule has 3 aromatic carbocycles. The van der Waals surface area contributed by atoms with E-state index in [1.54, 1.807) is 0 Å². The predicted octanol–water partition coefficient (Wildman–Crippen LogP) is 6.53. The van der Waals surface area contributed by atoms with Crippen LogP contribution in [-0.2, 0) is 17.6 Å². The number of hydrogen-bond acceptors (Lipinski definition) is 4. The average Bonchev–Trinajstić information content (AvgIpc) is 3.92. The fourth-order valence-corrected chi connectivity index (χ4v) is 6.98. The summed E-state index contributed by atoms with van der Waals surface area (Å²) in [7, 11) is 0. The van der Waals surface area contributed by atoms with E-state index < -0.39 is 47.5 Å². The van der Waals surface area contributed by atoms with Gasteiger partial charge in [-0.25, -0.2) is 18.4 Å². The van der Waals surface area contributed by atoms with Crippen molar-refractivity contribution >= 4 is 23.7 Å².